The Balaban J connectivity index is 1.08. The van der Waals surface area contributed by atoms with E-state index in [2.05, 4.69) is 17.3 Å². The lowest BCUT2D eigenvalue weighted by atomic mass is 9.48. The molecule has 4 aliphatic carbocycles. The smallest absolute Gasteiger partial charge is 0.330 e. The molecule has 0 atom stereocenters. The van der Waals surface area contributed by atoms with Crippen molar-refractivity contribution in [1.82, 2.24) is 29.8 Å². The molecule has 1 heterocycles. The fraction of sp³-hybridized carbons (Fsp3) is 0.500. The summed E-state index contributed by atoms with van der Waals surface area (Å²) in [5.41, 5.74) is 3.70. The summed E-state index contributed by atoms with van der Waals surface area (Å²) >= 11 is 0. The van der Waals surface area contributed by atoms with Gasteiger partial charge in [0, 0.05) is 38.3 Å². The molecular formula is C50H64N6O7. The number of carboxylic acids is 1. The molecule has 3 aromatic carbocycles. The molecule has 4 bridgehead atoms. The van der Waals surface area contributed by atoms with Gasteiger partial charge in [-0.2, -0.15) is 5.10 Å². The standard InChI is InChI=1S/C50H64N6O7/c1-31(2)39-29-36(48(59)55(6)23-11-21-53(4)20-10-22-54(5)47(58)35-16-14-32(3)15-17-35)18-19-41(39)56-42(45-43(62-7)12-9-13-44(45)63-8)30-40(52-56)46(57)51-50(49(60)61)37-25-33-24-34(27-37)28-38(50)26-33/h9,12-19,29-31,33-34,37-38H,10-11,20-28H2,1-8H3,(H,51,57)(H,60,61). The number of aliphatic carboxylic acids is 1. The van der Waals surface area contributed by atoms with E-state index in [0.717, 1.165) is 69.2 Å². The van der Waals surface area contributed by atoms with Crippen molar-refractivity contribution in [2.24, 2.45) is 23.7 Å². The van der Waals surface area contributed by atoms with Gasteiger partial charge in [-0.1, -0.05) is 37.6 Å². The summed E-state index contributed by atoms with van der Waals surface area (Å²) in [7, 11) is 8.85. The van der Waals surface area contributed by atoms with Gasteiger partial charge in [0.2, 0.25) is 0 Å². The van der Waals surface area contributed by atoms with Crippen LogP contribution >= 0.6 is 0 Å². The van der Waals surface area contributed by atoms with Crippen LogP contribution in [0.4, 0.5) is 0 Å². The van der Waals surface area contributed by atoms with E-state index < -0.39 is 17.4 Å². The summed E-state index contributed by atoms with van der Waals surface area (Å²) in [6.07, 6.45) is 6.01. The van der Waals surface area contributed by atoms with Crippen LogP contribution in [-0.2, 0) is 4.79 Å². The highest BCUT2D eigenvalue weighted by Gasteiger charge is 2.62. The van der Waals surface area contributed by atoms with Gasteiger partial charge in [0.15, 0.2) is 5.69 Å². The number of aromatic nitrogens is 2. The maximum atomic E-state index is 14.4. The monoisotopic (exact) mass is 860 g/mol. The zero-order chi connectivity index (χ0) is 45.2. The summed E-state index contributed by atoms with van der Waals surface area (Å²) in [6, 6.07) is 20.3. The van der Waals surface area contributed by atoms with Gasteiger partial charge < -0.3 is 34.6 Å². The molecule has 4 fully saturated rings. The normalized spacial score (nSPS) is 21.1. The van der Waals surface area contributed by atoms with Gasteiger partial charge in [-0.3, -0.25) is 14.4 Å². The maximum absolute atomic E-state index is 14.4. The van der Waals surface area contributed by atoms with Gasteiger partial charge in [-0.05, 0) is 156 Å². The van der Waals surface area contributed by atoms with Gasteiger partial charge in [-0.15, -0.1) is 0 Å². The van der Waals surface area contributed by atoms with Crippen LogP contribution in [0.25, 0.3) is 16.9 Å². The number of nitrogens with zero attached hydrogens (tertiary/aromatic N) is 5. The van der Waals surface area contributed by atoms with E-state index in [0.29, 0.717) is 64.5 Å². The maximum Gasteiger partial charge on any atom is 0.330 e. The third-order valence-electron chi connectivity index (χ3n) is 13.9. The lowest BCUT2D eigenvalue weighted by Gasteiger charge is -2.59. The molecule has 8 rings (SSSR count). The number of hydrogen-bond donors (Lipinski definition) is 2. The molecule has 2 N–H and O–H groups in total. The Labute approximate surface area is 371 Å². The van der Waals surface area contributed by atoms with Crippen LogP contribution in [0.3, 0.4) is 0 Å². The number of ether oxygens (including phenoxy) is 2. The number of aryl methyl sites for hydroxylation is 1. The van der Waals surface area contributed by atoms with E-state index >= 15 is 0 Å². The van der Waals surface area contributed by atoms with Crippen LogP contribution in [0.2, 0.25) is 0 Å². The first-order valence-corrected chi connectivity index (χ1v) is 22.4. The molecule has 336 valence electrons. The molecule has 0 radical (unpaired) electrons. The zero-order valence-electron chi connectivity index (χ0n) is 38.1. The average molecular weight is 861 g/mol. The van der Waals surface area contributed by atoms with E-state index in [9.17, 15) is 24.3 Å². The van der Waals surface area contributed by atoms with Gasteiger partial charge in [0.25, 0.3) is 17.7 Å². The number of carboxylic acid groups (broad SMARTS) is 1. The minimum absolute atomic E-state index is 0.0169. The third kappa shape index (κ3) is 9.21. The Hall–Kier alpha value is -5.69. The highest BCUT2D eigenvalue weighted by Crippen LogP contribution is 2.58. The lowest BCUT2D eigenvalue weighted by molar-refractivity contribution is -0.163. The summed E-state index contributed by atoms with van der Waals surface area (Å²) < 4.78 is 13.3. The molecule has 63 heavy (non-hydrogen) atoms. The number of carbonyl (C=O) groups excluding carboxylic acids is 3. The van der Waals surface area contributed by atoms with Crippen molar-refractivity contribution in [1.29, 1.82) is 0 Å². The van der Waals surface area contributed by atoms with Crippen molar-refractivity contribution < 1.29 is 33.8 Å². The molecule has 1 aromatic heterocycles. The third-order valence-corrected chi connectivity index (χ3v) is 13.9. The fourth-order valence-corrected chi connectivity index (χ4v) is 10.7. The van der Waals surface area contributed by atoms with Crippen LogP contribution < -0.4 is 14.8 Å². The molecule has 4 aromatic rings. The SMILES string of the molecule is COc1cccc(OC)c1-c1cc(C(=O)NC2(C(=O)O)C3CC4CC(C3)CC2C4)nn1-c1ccc(C(=O)N(C)CCCN(C)CCCN(C)C(=O)c2ccc(C)cc2)cc1C(C)C. The topological polar surface area (TPSA) is 147 Å². The van der Waals surface area contributed by atoms with Crippen molar-refractivity contribution in [3.8, 4) is 28.4 Å². The van der Waals surface area contributed by atoms with Crippen LogP contribution in [-0.4, -0.2) is 120 Å². The Morgan fingerprint density at radius 2 is 1.32 bits per heavy atom. The lowest BCUT2D eigenvalue weighted by Crippen LogP contribution is -2.70. The number of amides is 3. The summed E-state index contributed by atoms with van der Waals surface area (Å²) in [5, 5.41) is 18.8. The Morgan fingerprint density at radius 3 is 1.84 bits per heavy atom. The van der Waals surface area contributed by atoms with E-state index in [1.54, 1.807) is 40.8 Å². The van der Waals surface area contributed by atoms with E-state index in [1.165, 1.54) is 0 Å². The molecule has 0 aliphatic heterocycles. The second-order valence-corrected chi connectivity index (χ2v) is 18.6. The molecule has 4 saturated carbocycles. The summed E-state index contributed by atoms with van der Waals surface area (Å²) in [5.74, 6) is 0.168. The summed E-state index contributed by atoms with van der Waals surface area (Å²) in [4.78, 5) is 60.1. The first-order chi connectivity index (χ1) is 30.1. The van der Waals surface area contributed by atoms with E-state index in [-0.39, 0.29) is 35.3 Å². The van der Waals surface area contributed by atoms with E-state index in [1.807, 2.05) is 89.5 Å². The van der Waals surface area contributed by atoms with Crippen LogP contribution in [0.5, 0.6) is 11.5 Å². The zero-order valence-corrected chi connectivity index (χ0v) is 38.1. The van der Waals surface area contributed by atoms with Gasteiger partial charge in [-0.25, -0.2) is 9.48 Å². The number of benzene rings is 3. The predicted molar refractivity (Wildman–Crippen MR) is 243 cm³/mol. The van der Waals surface area contributed by atoms with Crippen LogP contribution in [0.1, 0.15) is 107 Å². The highest BCUT2D eigenvalue weighted by molar-refractivity contribution is 5.99. The van der Waals surface area contributed by atoms with Crippen molar-refractivity contribution in [3.63, 3.8) is 0 Å². The number of methoxy groups -OCH3 is 2. The molecular weight excluding hydrogens is 797 g/mol. The van der Waals surface area contributed by atoms with Gasteiger partial charge >= 0.3 is 5.97 Å². The first-order valence-electron chi connectivity index (χ1n) is 22.4. The van der Waals surface area contributed by atoms with Crippen molar-refractivity contribution >= 4 is 23.7 Å². The molecule has 4 aliphatic rings. The Kier molecular flexibility index (Phi) is 13.6. The van der Waals surface area contributed by atoms with Gasteiger partial charge in [0.05, 0.1) is 31.2 Å². The predicted octanol–water partition coefficient (Wildman–Crippen LogP) is 7.55. The molecule has 0 saturated heterocycles. The molecule has 0 unspecified atom stereocenters. The van der Waals surface area contributed by atoms with Crippen molar-refractivity contribution in [2.75, 3.05) is 61.5 Å². The van der Waals surface area contributed by atoms with Crippen LogP contribution in [0.15, 0.2) is 66.7 Å². The molecule has 13 nitrogen and oxygen atoms in total. The second kappa shape index (κ2) is 19.0. The minimum Gasteiger partial charge on any atom is -0.496 e. The van der Waals surface area contributed by atoms with Gasteiger partial charge in [0.1, 0.15) is 17.0 Å². The number of hydrogen-bond acceptors (Lipinski definition) is 8. The summed E-state index contributed by atoms with van der Waals surface area (Å²) in [6.45, 7) is 8.93. The largest absolute Gasteiger partial charge is 0.496 e. The minimum atomic E-state index is -1.34. The van der Waals surface area contributed by atoms with Crippen LogP contribution in [0, 0.1) is 30.6 Å². The number of carbonyl (C=O) groups is 4. The number of rotatable bonds is 18. The number of nitrogens with one attached hydrogen (secondary N) is 1. The van der Waals surface area contributed by atoms with E-state index in [4.69, 9.17) is 14.6 Å². The van der Waals surface area contributed by atoms with Crippen molar-refractivity contribution in [2.45, 2.75) is 77.2 Å². The fourth-order valence-electron chi connectivity index (χ4n) is 10.7. The Morgan fingerprint density at radius 1 is 0.778 bits per heavy atom. The molecule has 13 heteroatoms. The highest BCUT2D eigenvalue weighted by atomic mass is 16.5. The molecule has 3 amide bonds. The quantitative estimate of drug-likeness (QED) is 0.104. The Bertz CT molecular complexity index is 2270. The molecule has 0 spiro atoms. The second-order valence-electron chi connectivity index (χ2n) is 18.6. The van der Waals surface area contributed by atoms with Crippen molar-refractivity contribution in [3.05, 3.63) is 94.7 Å². The first kappa shape index (κ1) is 45.3. The average Bonchev–Trinajstić information content (AvgIpc) is 3.71.